The first-order valence-corrected chi connectivity index (χ1v) is 10.1. The number of anilines is 1. The summed E-state index contributed by atoms with van der Waals surface area (Å²) in [6.07, 6.45) is 14.3. The summed E-state index contributed by atoms with van der Waals surface area (Å²) in [5.41, 5.74) is 9.03. The van der Waals surface area contributed by atoms with Gasteiger partial charge in [0.15, 0.2) is 0 Å². The van der Waals surface area contributed by atoms with Crippen molar-refractivity contribution in [1.82, 2.24) is 0 Å². The lowest BCUT2D eigenvalue weighted by Crippen LogP contribution is -2.22. The number of fused-ring (bicyclic) bond motifs is 2. The third-order valence-electron chi connectivity index (χ3n) is 5.78. The van der Waals surface area contributed by atoms with Gasteiger partial charge >= 0.3 is 0 Å². The molecule has 1 aliphatic carbocycles. The first-order chi connectivity index (χ1) is 13.1. The highest BCUT2D eigenvalue weighted by Crippen LogP contribution is 2.35. The Morgan fingerprint density at radius 1 is 1.19 bits per heavy atom. The van der Waals surface area contributed by atoms with Crippen LogP contribution in [0, 0.1) is 5.92 Å². The number of hydrogen-bond acceptors (Lipinski definition) is 3. The average molecular weight is 360 g/mol. The predicted molar refractivity (Wildman–Crippen MR) is 117 cm³/mol. The van der Waals surface area contributed by atoms with Crippen LogP contribution in [-0.2, 0) is 6.42 Å². The van der Waals surface area contributed by atoms with E-state index in [1.807, 2.05) is 0 Å². The van der Waals surface area contributed by atoms with Gasteiger partial charge in [0.1, 0.15) is 0 Å². The summed E-state index contributed by atoms with van der Waals surface area (Å²) in [6.45, 7) is 5.33. The Labute approximate surface area is 162 Å². The molecule has 1 unspecified atom stereocenters. The molecule has 1 aromatic carbocycles. The van der Waals surface area contributed by atoms with Crippen LogP contribution in [0.5, 0.6) is 0 Å². The number of allylic oxidation sites excluding steroid dienone is 6. The number of benzene rings is 1. The monoisotopic (exact) mass is 359 g/mol. The van der Waals surface area contributed by atoms with Crippen LogP contribution in [0.25, 0.3) is 0 Å². The Hall–Kier alpha value is -2.42. The highest BCUT2D eigenvalue weighted by atomic mass is 15.1. The van der Waals surface area contributed by atoms with Gasteiger partial charge in [-0.2, -0.15) is 0 Å². The van der Waals surface area contributed by atoms with Crippen LogP contribution in [0.4, 0.5) is 11.4 Å². The Morgan fingerprint density at radius 3 is 2.96 bits per heavy atom. The fraction of sp³-hybridized carbons (Fsp3) is 0.417. The van der Waals surface area contributed by atoms with Crippen molar-refractivity contribution in [3.8, 4) is 0 Å². The van der Waals surface area contributed by atoms with E-state index in [4.69, 9.17) is 9.98 Å². The van der Waals surface area contributed by atoms with E-state index in [0.29, 0.717) is 5.92 Å². The van der Waals surface area contributed by atoms with Crippen molar-refractivity contribution in [2.24, 2.45) is 15.9 Å². The molecule has 0 N–H and O–H groups in total. The molecular formula is C24H29N3. The summed E-state index contributed by atoms with van der Waals surface area (Å²) in [7, 11) is 2.19. The molecule has 2 aliphatic heterocycles. The lowest BCUT2D eigenvalue weighted by Gasteiger charge is -2.28. The molecule has 3 aliphatic rings. The molecule has 0 saturated carbocycles. The maximum atomic E-state index is 4.83. The SMILES string of the molecule is CC1=NCCCC2=CC=CCCC(N(C)c3ccc4c(c3)N=CC(C)C4)=C21. The van der Waals surface area contributed by atoms with Crippen LogP contribution >= 0.6 is 0 Å². The van der Waals surface area contributed by atoms with Gasteiger partial charge in [-0.05, 0) is 68.2 Å². The molecule has 3 heteroatoms. The summed E-state index contributed by atoms with van der Waals surface area (Å²) >= 11 is 0. The second-order valence-corrected chi connectivity index (χ2v) is 7.88. The molecule has 4 rings (SSSR count). The van der Waals surface area contributed by atoms with Gasteiger partial charge in [-0.3, -0.25) is 9.98 Å². The van der Waals surface area contributed by atoms with E-state index in [1.54, 1.807) is 0 Å². The number of aliphatic imine (C=N–C) groups is 2. The molecule has 0 fully saturated rings. The van der Waals surface area contributed by atoms with E-state index in [2.05, 4.69) is 68.4 Å². The molecule has 0 amide bonds. The quantitative estimate of drug-likeness (QED) is 0.655. The maximum absolute atomic E-state index is 4.83. The molecule has 0 saturated heterocycles. The van der Waals surface area contributed by atoms with Gasteiger partial charge in [-0.15, -0.1) is 0 Å². The van der Waals surface area contributed by atoms with E-state index >= 15 is 0 Å². The summed E-state index contributed by atoms with van der Waals surface area (Å²) in [4.78, 5) is 11.9. The minimum atomic E-state index is 0.529. The highest BCUT2D eigenvalue weighted by molar-refractivity contribution is 6.03. The molecule has 27 heavy (non-hydrogen) atoms. The Bertz CT molecular complexity index is 883. The first kappa shape index (κ1) is 18.0. The van der Waals surface area contributed by atoms with Crippen LogP contribution in [0.2, 0.25) is 0 Å². The minimum Gasteiger partial charge on any atom is -0.347 e. The van der Waals surface area contributed by atoms with Gasteiger partial charge in [0, 0.05) is 42.5 Å². The van der Waals surface area contributed by atoms with Crippen molar-refractivity contribution in [2.45, 2.75) is 46.0 Å². The highest BCUT2D eigenvalue weighted by Gasteiger charge is 2.22. The van der Waals surface area contributed by atoms with Gasteiger partial charge < -0.3 is 4.90 Å². The van der Waals surface area contributed by atoms with Crippen molar-refractivity contribution in [3.63, 3.8) is 0 Å². The number of rotatable bonds is 2. The minimum absolute atomic E-state index is 0.529. The molecule has 2 heterocycles. The van der Waals surface area contributed by atoms with E-state index in [0.717, 1.165) is 44.3 Å². The van der Waals surface area contributed by atoms with Gasteiger partial charge in [0.25, 0.3) is 0 Å². The first-order valence-electron chi connectivity index (χ1n) is 10.1. The van der Waals surface area contributed by atoms with E-state index in [-0.39, 0.29) is 0 Å². The molecule has 0 bridgehead atoms. The molecule has 140 valence electrons. The Kier molecular flexibility index (Phi) is 5.11. The predicted octanol–water partition coefficient (Wildman–Crippen LogP) is 5.80. The van der Waals surface area contributed by atoms with Gasteiger partial charge in [0.05, 0.1) is 5.69 Å². The largest absolute Gasteiger partial charge is 0.347 e. The van der Waals surface area contributed by atoms with Gasteiger partial charge in [-0.25, -0.2) is 0 Å². The van der Waals surface area contributed by atoms with Crippen molar-refractivity contribution in [2.75, 3.05) is 18.5 Å². The standard InChI is InChI=1S/C24H29N3/c1-17-14-20-11-12-21(15-22(20)26-16-17)27(3)23-10-6-4-5-8-19-9-7-13-25-18(2)24(19)23/h4-5,8,11-12,15-17H,6-7,9-10,13-14H2,1-3H3. The average Bonchev–Trinajstić information content (AvgIpc) is 2.82. The zero-order valence-corrected chi connectivity index (χ0v) is 16.7. The summed E-state index contributed by atoms with van der Waals surface area (Å²) in [6, 6.07) is 6.75. The van der Waals surface area contributed by atoms with Crippen LogP contribution in [-0.4, -0.2) is 25.5 Å². The van der Waals surface area contributed by atoms with Crippen molar-refractivity contribution in [1.29, 1.82) is 0 Å². The second kappa shape index (κ2) is 7.67. The topological polar surface area (TPSA) is 28.0 Å². The smallest absolute Gasteiger partial charge is 0.0678 e. The summed E-state index contributed by atoms with van der Waals surface area (Å²) in [5.74, 6) is 0.529. The number of nitrogens with zero attached hydrogens (tertiary/aromatic N) is 3. The van der Waals surface area contributed by atoms with Crippen LogP contribution in [0.3, 0.4) is 0 Å². The second-order valence-electron chi connectivity index (χ2n) is 7.88. The van der Waals surface area contributed by atoms with E-state index in [9.17, 15) is 0 Å². The van der Waals surface area contributed by atoms with Crippen LogP contribution in [0.15, 0.2) is 63.3 Å². The molecule has 0 aromatic heterocycles. The Balaban J connectivity index is 1.77. The maximum Gasteiger partial charge on any atom is 0.0678 e. The Morgan fingerprint density at radius 2 is 2.07 bits per heavy atom. The van der Waals surface area contributed by atoms with Gasteiger partial charge in [0.2, 0.25) is 0 Å². The molecule has 1 aromatic rings. The lowest BCUT2D eigenvalue weighted by atomic mass is 9.92. The summed E-state index contributed by atoms with van der Waals surface area (Å²) < 4.78 is 0. The van der Waals surface area contributed by atoms with Gasteiger partial charge in [-0.1, -0.05) is 31.2 Å². The van der Waals surface area contributed by atoms with E-state index < -0.39 is 0 Å². The normalized spacial score (nSPS) is 22.1. The molecule has 0 spiro atoms. The lowest BCUT2D eigenvalue weighted by molar-refractivity contribution is 0.771. The van der Waals surface area contributed by atoms with Crippen LogP contribution < -0.4 is 4.90 Å². The van der Waals surface area contributed by atoms with E-state index in [1.165, 1.54) is 33.8 Å². The third kappa shape index (κ3) is 3.69. The number of hydrogen-bond donors (Lipinski definition) is 0. The zero-order valence-electron chi connectivity index (χ0n) is 16.7. The molecule has 3 nitrogen and oxygen atoms in total. The zero-order chi connectivity index (χ0) is 18.8. The summed E-state index contributed by atoms with van der Waals surface area (Å²) in [5, 5.41) is 0. The van der Waals surface area contributed by atoms with Crippen molar-refractivity contribution < 1.29 is 0 Å². The van der Waals surface area contributed by atoms with Crippen LogP contribution in [0.1, 0.15) is 45.1 Å². The van der Waals surface area contributed by atoms with Crippen molar-refractivity contribution in [3.05, 3.63) is 58.8 Å². The molecular weight excluding hydrogens is 330 g/mol. The fourth-order valence-corrected chi connectivity index (χ4v) is 4.29. The fourth-order valence-electron chi connectivity index (χ4n) is 4.29. The third-order valence-corrected chi connectivity index (χ3v) is 5.78. The molecule has 0 radical (unpaired) electrons. The van der Waals surface area contributed by atoms with Crippen molar-refractivity contribution >= 4 is 23.3 Å². The molecule has 1 atom stereocenters.